The molecule has 0 radical (unpaired) electrons. The summed E-state index contributed by atoms with van der Waals surface area (Å²) in [6, 6.07) is 8.45. The number of alkyl halides is 3. The lowest BCUT2D eigenvalue weighted by Gasteiger charge is -2.10. The highest BCUT2D eigenvalue weighted by molar-refractivity contribution is 5.95. The SMILES string of the molecule is CNc1ccc(C(=O)NCc2cccc(C(F)(F)F)c2)cc1[N+](=O)[O-]. The maximum absolute atomic E-state index is 12.7. The average Bonchev–Trinajstić information content (AvgIpc) is 2.58. The van der Waals surface area contributed by atoms with Crippen LogP contribution in [0, 0.1) is 10.1 Å². The van der Waals surface area contributed by atoms with Gasteiger partial charge in [-0.05, 0) is 29.8 Å². The highest BCUT2D eigenvalue weighted by Crippen LogP contribution is 2.29. The van der Waals surface area contributed by atoms with E-state index >= 15 is 0 Å². The molecule has 0 aliphatic heterocycles. The second-order valence-electron chi connectivity index (χ2n) is 5.12. The molecule has 0 aliphatic rings. The van der Waals surface area contributed by atoms with Crippen molar-refractivity contribution in [2.45, 2.75) is 12.7 Å². The lowest BCUT2D eigenvalue weighted by atomic mass is 10.1. The summed E-state index contributed by atoms with van der Waals surface area (Å²) in [6.07, 6.45) is -4.47. The zero-order valence-corrected chi connectivity index (χ0v) is 13.1. The molecule has 9 heteroatoms. The van der Waals surface area contributed by atoms with Crippen LogP contribution < -0.4 is 10.6 Å². The van der Waals surface area contributed by atoms with Gasteiger partial charge < -0.3 is 10.6 Å². The van der Waals surface area contributed by atoms with Gasteiger partial charge in [-0.1, -0.05) is 12.1 Å². The molecule has 0 atom stereocenters. The number of carbonyl (C=O) groups is 1. The van der Waals surface area contributed by atoms with E-state index < -0.39 is 22.6 Å². The van der Waals surface area contributed by atoms with Crippen LogP contribution >= 0.6 is 0 Å². The first kappa shape index (κ1) is 18.2. The number of amides is 1. The Morgan fingerprint density at radius 2 is 1.92 bits per heavy atom. The molecule has 0 aliphatic carbocycles. The molecule has 132 valence electrons. The molecule has 0 saturated carbocycles. The van der Waals surface area contributed by atoms with Crippen molar-refractivity contribution in [2.75, 3.05) is 12.4 Å². The van der Waals surface area contributed by atoms with E-state index in [1.54, 1.807) is 0 Å². The summed E-state index contributed by atoms with van der Waals surface area (Å²) in [7, 11) is 1.51. The molecule has 0 heterocycles. The van der Waals surface area contributed by atoms with Crippen LogP contribution in [0.15, 0.2) is 42.5 Å². The topological polar surface area (TPSA) is 84.3 Å². The minimum absolute atomic E-state index is 0.0395. The molecule has 0 saturated heterocycles. The van der Waals surface area contributed by atoms with E-state index in [4.69, 9.17) is 0 Å². The quantitative estimate of drug-likeness (QED) is 0.636. The van der Waals surface area contributed by atoms with Crippen molar-refractivity contribution < 1.29 is 22.9 Å². The van der Waals surface area contributed by atoms with Gasteiger partial charge in [0.2, 0.25) is 0 Å². The molecule has 2 rings (SSSR count). The van der Waals surface area contributed by atoms with E-state index in [1.807, 2.05) is 0 Å². The van der Waals surface area contributed by atoms with Gasteiger partial charge in [-0.25, -0.2) is 0 Å². The Hall–Kier alpha value is -3.10. The highest BCUT2D eigenvalue weighted by Gasteiger charge is 2.30. The molecule has 0 fully saturated rings. The summed E-state index contributed by atoms with van der Waals surface area (Å²) in [5.74, 6) is -0.622. The van der Waals surface area contributed by atoms with Gasteiger partial charge in [0.25, 0.3) is 11.6 Å². The Labute approximate surface area is 140 Å². The predicted molar refractivity (Wildman–Crippen MR) is 85.3 cm³/mol. The standard InChI is InChI=1S/C16H14F3N3O3/c1-20-13-6-5-11(8-14(13)22(24)25)15(23)21-9-10-3-2-4-12(7-10)16(17,18)19/h2-8,20H,9H2,1H3,(H,21,23). The first-order chi connectivity index (χ1) is 11.7. The van der Waals surface area contributed by atoms with Crippen molar-refractivity contribution in [1.29, 1.82) is 0 Å². The third kappa shape index (κ3) is 4.46. The maximum atomic E-state index is 12.7. The van der Waals surface area contributed by atoms with E-state index in [1.165, 1.54) is 31.3 Å². The molecular weight excluding hydrogens is 339 g/mol. The minimum atomic E-state index is -4.47. The molecule has 6 nitrogen and oxygen atoms in total. The summed E-state index contributed by atoms with van der Waals surface area (Å²) >= 11 is 0. The fourth-order valence-corrected chi connectivity index (χ4v) is 2.18. The number of anilines is 1. The second-order valence-corrected chi connectivity index (χ2v) is 5.12. The fourth-order valence-electron chi connectivity index (χ4n) is 2.18. The monoisotopic (exact) mass is 353 g/mol. The van der Waals surface area contributed by atoms with Gasteiger partial charge in [0, 0.05) is 25.2 Å². The van der Waals surface area contributed by atoms with Crippen LogP contribution in [0.25, 0.3) is 0 Å². The second kappa shape index (κ2) is 7.20. The number of nitrogens with one attached hydrogen (secondary N) is 2. The molecule has 0 unspecified atom stereocenters. The number of nitro benzene ring substituents is 1. The van der Waals surface area contributed by atoms with Crippen molar-refractivity contribution in [2.24, 2.45) is 0 Å². The van der Waals surface area contributed by atoms with Gasteiger partial charge in [0.15, 0.2) is 0 Å². The summed E-state index contributed by atoms with van der Waals surface area (Å²) in [4.78, 5) is 22.5. The smallest absolute Gasteiger partial charge is 0.383 e. The average molecular weight is 353 g/mol. The van der Waals surface area contributed by atoms with E-state index in [9.17, 15) is 28.1 Å². The van der Waals surface area contributed by atoms with Crippen molar-refractivity contribution in [3.05, 3.63) is 69.3 Å². The maximum Gasteiger partial charge on any atom is 0.416 e. The van der Waals surface area contributed by atoms with E-state index in [-0.39, 0.29) is 29.0 Å². The molecule has 2 N–H and O–H groups in total. The zero-order chi connectivity index (χ0) is 18.6. The molecule has 0 spiro atoms. The van der Waals surface area contributed by atoms with Crippen molar-refractivity contribution in [1.82, 2.24) is 5.32 Å². The van der Waals surface area contributed by atoms with Gasteiger partial charge in [-0.3, -0.25) is 14.9 Å². The molecule has 2 aromatic carbocycles. The number of carbonyl (C=O) groups excluding carboxylic acids is 1. The Balaban J connectivity index is 2.13. The zero-order valence-electron chi connectivity index (χ0n) is 13.1. The molecule has 0 bridgehead atoms. The number of rotatable bonds is 5. The fraction of sp³-hybridized carbons (Fsp3) is 0.188. The van der Waals surface area contributed by atoms with Gasteiger partial charge in [-0.15, -0.1) is 0 Å². The number of halogens is 3. The van der Waals surface area contributed by atoms with Crippen LogP contribution in [0.5, 0.6) is 0 Å². The van der Waals surface area contributed by atoms with Gasteiger partial charge in [0.05, 0.1) is 10.5 Å². The summed E-state index contributed by atoms with van der Waals surface area (Å²) in [6.45, 7) is -0.135. The lowest BCUT2D eigenvalue weighted by Crippen LogP contribution is -2.23. The van der Waals surface area contributed by atoms with Crippen molar-refractivity contribution in [3.63, 3.8) is 0 Å². The van der Waals surface area contributed by atoms with E-state index in [0.29, 0.717) is 0 Å². The number of hydrogen-bond acceptors (Lipinski definition) is 4. The Morgan fingerprint density at radius 3 is 2.52 bits per heavy atom. The van der Waals surface area contributed by atoms with Crippen LogP contribution in [0.1, 0.15) is 21.5 Å². The van der Waals surface area contributed by atoms with Gasteiger partial charge >= 0.3 is 6.18 Å². The molecule has 2 aromatic rings. The van der Waals surface area contributed by atoms with Crippen LogP contribution in [0.3, 0.4) is 0 Å². The number of hydrogen-bond donors (Lipinski definition) is 2. The first-order valence-electron chi connectivity index (χ1n) is 7.13. The van der Waals surface area contributed by atoms with Crippen LogP contribution in [0.4, 0.5) is 24.5 Å². The third-order valence-electron chi connectivity index (χ3n) is 3.43. The minimum Gasteiger partial charge on any atom is -0.383 e. The van der Waals surface area contributed by atoms with Gasteiger partial charge in [0.1, 0.15) is 5.69 Å². The molecule has 0 aromatic heterocycles. The van der Waals surface area contributed by atoms with Crippen molar-refractivity contribution in [3.8, 4) is 0 Å². The van der Waals surface area contributed by atoms with Crippen LogP contribution in [-0.2, 0) is 12.7 Å². The van der Waals surface area contributed by atoms with E-state index in [2.05, 4.69) is 10.6 Å². The van der Waals surface area contributed by atoms with Crippen LogP contribution in [-0.4, -0.2) is 17.9 Å². The third-order valence-corrected chi connectivity index (χ3v) is 3.43. The Morgan fingerprint density at radius 1 is 1.20 bits per heavy atom. The van der Waals surface area contributed by atoms with Crippen molar-refractivity contribution >= 4 is 17.3 Å². The summed E-state index contributed by atoms with van der Waals surface area (Å²) < 4.78 is 38.0. The Bertz CT molecular complexity index is 807. The highest BCUT2D eigenvalue weighted by atomic mass is 19.4. The molecule has 1 amide bonds. The van der Waals surface area contributed by atoms with E-state index in [0.717, 1.165) is 18.2 Å². The largest absolute Gasteiger partial charge is 0.416 e. The lowest BCUT2D eigenvalue weighted by molar-refractivity contribution is -0.384. The summed E-state index contributed by atoms with van der Waals surface area (Å²) in [5, 5.41) is 16.1. The number of nitrogens with zero attached hydrogens (tertiary/aromatic N) is 1. The van der Waals surface area contributed by atoms with Crippen LogP contribution in [0.2, 0.25) is 0 Å². The number of nitro groups is 1. The first-order valence-corrected chi connectivity index (χ1v) is 7.13. The predicted octanol–water partition coefficient (Wildman–Crippen LogP) is 3.59. The number of benzene rings is 2. The molecular formula is C16H14F3N3O3. The summed E-state index contributed by atoms with van der Waals surface area (Å²) in [5.41, 5.74) is -0.524. The Kier molecular flexibility index (Phi) is 5.26. The van der Waals surface area contributed by atoms with Gasteiger partial charge in [-0.2, -0.15) is 13.2 Å². The molecule has 25 heavy (non-hydrogen) atoms. The normalized spacial score (nSPS) is 11.0.